The summed E-state index contributed by atoms with van der Waals surface area (Å²) < 4.78 is 0. The monoisotopic (exact) mass is 522 g/mol. The van der Waals surface area contributed by atoms with Gasteiger partial charge in [-0.3, -0.25) is 0 Å². The fourth-order valence-corrected chi connectivity index (χ4v) is 6.58. The van der Waals surface area contributed by atoms with Crippen LogP contribution in [0.3, 0.4) is 0 Å². The van der Waals surface area contributed by atoms with Gasteiger partial charge < -0.3 is 5.11 Å². The molecule has 0 spiro atoms. The van der Waals surface area contributed by atoms with Gasteiger partial charge in [0.15, 0.2) is 0 Å². The van der Waals surface area contributed by atoms with E-state index in [1.54, 1.807) is 0 Å². The molecule has 1 aromatic carbocycles. The molecular weight excluding hydrogens is 464 g/mol. The van der Waals surface area contributed by atoms with Crippen molar-refractivity contribution in [3.63, 3.8) is 0 Å². The Morgan fingerprint density at radius 1 is 0.457 bits per heavy atom. The zero-order valence-corrected chi connectivity index (χ0v) is 25.1. The van der Waals surface area contributed by atoms with Crippen molar-refractivity contribution in [2.45, 2.75) is 154 Å². The zero-order chi connectivity index (χ0) is 25.2. The van der Waals surface area contributed by atoms with Crippen molar-refractivity contribution >= 4 is 23.5 Å². The van der Waals surface area contributed by atoms with Gasteiger partial charge in [0.1, 0.15) is 5.75 Å². The predicted octanol–water partition coefficient (Wildman–Crippen LogP) is 11.7. The van der Waals surface area contributed by atoms with Crippen LogP contribution in [0.4, 0.5) is 0 Å². The first-order chi connectivity index (χ1) is 17.3. The lowest BCUT2D eigenvalue weighted by atomic mass is 10.1. The molecule has 0 unspecified atom stereocenters. The van der Waals surface area contributed by atoms with Crippen molar-refractivity contribution in [1.82, 2.24) is 0 Å². The predicted molar refractivity (Wildman–Crippen MR) is 164 cm³/mol. The molecule has 3 heteroatoms. The fourth-order valence-electron chi connectivity index (χ4n) is 4.67. The van der Waals surface area contributed by atoms with Crippen LogP contribution in [0.15, 0.2) is 18.2 Å². The molecule has 0 saturated carbocycles. The first kappa shape index (κ1) is 32.7. The van der Waals surface area contributed by atoms with E-state index in [0.717, 1.165) is 11.5 Å². The molecule has 0 amide bonds. The Kier molecular flexibility index (Phi) is 23.7. The lowest BCUT2D eigenvalue weighted by Crippen LogP contribution is -1.90. The second kappa shape index (κ2) is 25.4. The van der Waals surface area contributed by atoms with E-state index in [-0.39, 0.29) is 0 Å². The van der Waals surface area contributed by atoms with Gasteiger partial charge in [-0.15, -0.1) is 0 Å². The molecule has 35 heavy (non-hydrogen) atoms. The molecule has 204 valence electrons. The number of unbranched alkanes of at least 4 members (excludes halogenated alkanes) is 18. The first-order valence-electron chi connectivity index (χ1n) is 15.2. The van der Waals surface area contributed by atoms with E-state index in [1.165, 1.54) is 151 Å². The second-order valence-electron chi connectivity index (χ2n) is 10.5. The number of rotatable bonds is 26. The summed E-state index contributed by atoms with van der Waals surface area (Å²) in [6.07, 6.45) is 28.1. The normalized spacial score (nSPS) is 11.4. The first-order valence-corrected chi connectivity index (χ1v) is 17.5. The van der Waals surface area contributed by atoms with Crippen molar-refractivity contribution in [3.05, 3.63) is 29.3 Å². The molecule has 0 saturated heterocycles. The van der Waals surface area contributed by atoms with Crippen molar-refractivity contribution in [2.75, 3.05) is 11.5 Å². The van der Waals surface area contributed by atoms with E-state index in [0.29, 0.717) is 5.75 Å². The van der Waals surface area contributed by atoms with Gasteiger partial charge in [-0.2, -0.15) is 23.5 Å². The van der Waals surface area contributed by atoms with Gasteiger partial charge in [0.2, 0.25) is 0 Å². The number of benzene rings is 1. The van der Waals surface area contributed by atoms with E-state index in [4.69, 9.17) is 0 Å². The van der Waals surface area contributed by atoms with Gasteiger partial charge in [-0.1, -0.05) is 135 Å². The van der Waals surface area contributed by atoms with Crippen LogP contribution in [0.5, 0.6) is 5.75 Å². The summed E-state index contributed by atoms with van der Waals surface area (Å²) in [5.41, 5.74) is 2.58. The molecule has 0 aliphatic carbocycles. The highest BCUT2D eigenvalue weighted by molar-refractivity contribution is 7.98. The zero-order valence-electron chi connectivity index (χ0n) is 23.5. The van der Waals surface area contributed by atoms with Crippen LogP contribution in [0.1, 0.15) is 153 Å². The summed E-state index contributed by atoms with van der Waals surface area (Å²) in [6.45, 7) is 4.58. The van der Waals surface area contributed by atoms with Crippen LogP contribution in [-0.4, -0.2) is 16.6 Å². The summed E-state index contributed by atoms with van der Waals surface area (Å²) in [6, 6.07) is 6.24. The van der Waals surface area contributed by atoms with Crippen molar-refractivity contribution < 1.29 is 5.11 Å². The molecule has 1 rings (SSSR count). The minimum atomic E-state index is 0.441. The number of hydrogen-bond acceptors (Lipinski definition) is 3. The summed E-state index contributed by atoms with van der Waals surface area (Å²) in [5, 5.41) is 10.2. The van der Waals surface area contributed by atoms with E-state index in [2.05, 4.69) is 19.9 Å². The maximum Gasteiger partial charge on any atom is 0.116 e. The Morgan fingerprint density at radius 3 is 1.11 bits per heavy atom. The van der Waals surface area contributed by atoms with Gasteiger partial charge in [-0.25, -0.2) is 0 Å². The molecule has 0 fully saturated rings. The molecule has 0 aliphatic rings. The molecule has 0 heterocycles. The van der Waals surface area contributed by atoms with Crippen molar-refractivity contribution in [1.29, 1.82) is 0 Å². The van der Waals surface area contributed by atoms with E-state index in [1.807, 2.05) is 35.7 Å². The topological polar surface area (TPSA) is 20.2 Å². The van der Waals surface area contributed by atoms with E-state index >= 15 is 0 Å². The van der Waals surface area contributed by atoms with Crippen LogP contribution in [0, 0.1) is 0 Å². The SMILES string of the molecule is CCCCCCCCCCCCSCc1cc(O)cc(CSCCCCCCCCCCCC)c1. The van der Waals surface area contributed by atoms with Crippen LogP contribution < -0.4 is 0 Å². The van der Waals surface area contributed by atoms with Gasteiger partial charge >= 0.3 is 0 Å². The minimum Gasteiger partial charge on any atom is -0.508 e. The highest BCUT2D eigenvalue weighted by atomic mass is 32.2. The van der Waals surface area contributed by atoms with Crippen LogP contribution in [0.2, 0.25) is 0 Å². The second-order valence-corrected chi connectivity index (χ2v) is 12.7. The number of aromatic hydroxyl groups is 1. The van der Waals surface area contributed by atoms with E-state index < -0.39 is 0 Å². The van der Waals surface area contributed by atoms with Gasteiger partial charge in [0, 0.05) is 11.5 Å². The molecule has 0 bridgehead atoms. The quantitative estimate of drug-likeness (QED) is 0.122. The molecule has 0 atom stereocenters. The Morgan fingerprint density at radius 2 is 0.771 bits per heavy atom. The van der Waals surface area contributed by atoms with Gasteiger partial charge in [-0.05, 0) is 47.6 Å². The summed E-state index contributed by atoms with van der Waals surface area (Å²) in [7, 11) is 0. The third kappa shape index (κ3) is 21.5. The average molecular weight is 523 g/mol. The smallest absolute Gasteiger partial charge is 0.116 e. The van der Waals surface area contributed by atoms with Crippen molar-refractivity contribution in [3.8, 4) is 5.75 Å². The third-order valence-corrected chi connectivity index (χ3v) is 9.09. The molecule has 0 aromatic heterocycles. The molecule has 1 N–H and O–H groups in total. The maximum absolute atomic E-state index is 10.2. The third-order valence-electron chi connectivity index (χ3n) is 6.86. The van der Waals surface area contributed by atoms with Gasteiger partial charge in [0.05, 0.1) is 0 Å². The van der Waals surface area contributed by atoms with Gasteiger partial charge in [0.25, 0.3) is 0 Å². The Hall–Kier alpha value is -0.280. The standard InChI is InChI=1S/C32H58OS2/c1-3-5-7-9-11-13-15-17-19-21-23-34-28-30-25-31(27-32(33)26-30)29-35-24-22-20-18-16-14-12-10-8-6-4-2/h25-27,33H,3-24,28-29H2,1-2H3. The van der Waals surface area contributed by atoms with Crippen LogP contribution in [0.25, 0.3) is 0 Å². The average Bonchev–Trinajstić information content (AvgIpc) is 2.85. The molecule has 1 aromatic rings. The Bertz CT molecular complexity index is 528. The Balaban J connectivity index is 1.99. The summed E-state index contributed by atoms with van der Waals surface area (Å²) in [5.74, 6) is 4.99. The highest BCUT2D eigenvalue weighted by Crippen LogP contribution is 2.24. The largest absolute Gasteiger partial charge is 0.508 e. The summed E-state index contributed by atoms with van der Waals surface area (Å²) >= 11 is 4.06. The van der Waals surface area contributed by atoms with Crippen molar-refractivity contribution in [2.24, 2.45) is 0 Å². The fraction of sp³-hybridized carbons (Fsp3) is 0.812. The molecular formula is C32H58OS2. The van der Waals surface area contributed by atoms with Crippen LogP contribution in [-0.2, 0) is 11.5 Å². The Labute approximate surface area is 228 Å². The number of phenolic OH excluding ortho intramolecular Hbond substituents is 1. The maximum atomic E-state index is 10.2. The summed E-state index contributed by atoms with van der Waals surface area (Å²) in [4.78, 5) is 0. The molecule has 0 radical (unpaired) electrons. The molecule has 0 aliphatic heterocycles. The number of phenols is 1. The number of thioether (sulfide) groups is 2. The lowest BCUT2D eigenvalue weighted by molar-refractivity contribution is 0.474. The minimum absolute atomic E-state index is 0.441. The number of hydrogen-bond donors (Lipinski definition) is 1. The lowest BCUT2D eigenvalue weighted by Gasteiger charge is -2.08. The highest BCUT2D eigenvalue weighted by Gasteiger charge is 2.02. The van der Waals surface area contributed by atoms with Crippen LogP contribution >= 0.6 is 23.5 Å². The molecule has 1 nitrogen and oxygen atoms in total. The van der Waals surface area contributed by atoms with E-state index in [9.17, 15) is 5.11 Å².